The number of carbonyl (C=O) groups is 1. The van der Waals surface area contributed by atoms with Gasteiger partial charge in [-0.25, -0.2) is 8.42 Å². The number of nitrogens with zero attached hydrogens (tertiary/aromatic N) is 1. The lowest BCUT2D eigenvalue weighted by molar-refractivity contribution is -0.146. The number of ether oxygens (including phenoxy) is 2. The number of fused-ring (bicyclic) bond motifs is 2. The summed E-state index contributed by atoms with van der Waals surface area (Å²) in [6.45, 7) is 3.59. The first kappa shape index (κ1) is 19.9. The van der Waals surface area contributed by atoms with E-state index in [2.05, 4.69) is 15.9 Å². The predicted octanol–water partition coefficient (Wildman–Crippen LogP) is 3.94. The smallest absolute Gasteiger partial charge is 0.324 e. The fourth-order valence-corrected chi connectivity index (χ4v) is 5.22. The summed E-state index contributed by atoms with van der Waals surface area (Å²) in [6.07, 6.45) is 0. The van der Waals surface area contributed by atoms with E-state index >= 15 is 0 Å². The van der Waals surface area contributed by atoms with Crippen molar-refractivity contribution in [1.29, 1.82) is 0 Å². The molecule has 0 spiro atoms. The molecule has 1 aliphatic rings. The van der Waals surface area contributed by atoms with Gasteiger partial charge in [0.25, 0.3) is 0 Å². The highest BCUT2D eigenvalue weighted by molar-refractivity contribution is 9.10. The standard InChI is InChI=1S/C19H20BrNO5S/c1-12(2)18(19(22)25-3)21-11-13-6-4-5-7-15(13)26-16-10-14(20)8-9-17(16)27(21,23)24/h4-10,12,18H,11H2,1-3H3. The number of rotatable bonds is 3. The zero-order valence-electron chi connectivity index (χ0n) is 15.2. The third-order valence-corrected chi connectivity index (χ3v) is 6.76. The Kier molecular flexibility index (Phi) is 5.60. The summed E-state index contributed by atoms with van der Waals surface area (Å²) >= 11 is 3.35. The summed E-state index contributed by atoms with van der Waals surface area (Å²) in [5.74, 6) is -0.122. The Hall–Kier alpha value is -1.90. The second-order valence-corrected chi connectivity index (χ2v) is 9.34. The summed E-state index contributed by atoms with van der Waals surface area (Å²) in [5, 5.41) is 0. The van der Waals surface area contributed by atoms with Crippen LogP contribution in [0.4, 0.5) is 0 Å². The Morgan fingerprint density at radius 2 is 1.89 bits per heavy atom. The molecule has 0 aliphatic carbocycles. The molecular formula is C19H20BrNO5S. The van der Waals surface area contributed by atoms with Crippen LogP contribution in [0.3, 0.4) is 0 Å². The monoisotopic (exact) mass is 453 g/mol. The van der Waals surface area contributed by atoms with Crippen molar-refractivity contribution in [3.63, 3.8) is 0 Å². The van der Waals surface area contributed by atoms with Crippen LogP contribution in [-0.2, 0) is 26.1 Å². The second-order valence-electron chi connectivity index (χ2n) is 6.56. The Labute approximate surface area is 167 Å². The number of sulfonamides is 1. The normalized spacial score (nSPS) is 17.1. The molecule has 8 heteroatoms. The summed E-state index contributed by atoms with van der Waals surface area (Å²) in [7, 11) is -2.75. The van der Waals surface area contributed by atoms with Gasteiger partial charge in [0.1, 0.15) is 22.4 Å². The summed E-state index contributed by atoms with van der Waals surface area (Å²) in [4.78, 5) is 12.5. The van der Waals surface area contributed by atoms with Crippen molar-refractivity contribution in [2.24, 2.45) is 5.92 Å². The molecule has 1 heterocycles. The zero-order valence-corrected chi connectivity index (χ0v) is 17.6. The first-order valence-corrected chi connectivity index (χ1v) is 10.6. The molecule has 0 bridgehead atoms. The lowest BCUT2D eigenvalue weighted by Crippen LogP contribution is -2.48. The first-order valence-electron chi connectivity index (χ1n) is 8.40. The highest BCUT2D eigenvalue weighted by atomic mass is 79.9. The summed E-state index contributed by atoms with van der Waals surface area (Å²) in [5.41, 5.74) is 0.668. The van der Waals surface area contributed by atoms with Gasteiger partial charge in [-0.3, -0.25) is 4.79 Å². The third-order valence-electron chi connectivity index (χ3n) is 4.40. The molecular weight excluding hydrogens is 434 g/mol. The Bertz CT molecular complexity index is 974. The highest BCUT2D eigenvalue weighted by Crippen LogP contribution is 2.39. The van der Waals surface area contributed by atoms with Crippen molar-refractivity contribution in [3.05, 3.63) is 52.5 Å². The van der Waals surface area contributed by atoms with Gasteiger partial charge in [-0.1, -0.05) is 48.0 Å². The number of carbonyl (C=O) groups excluding carboxylic acids is 1. The number of benzene rings is 2. The maximum Gasteiger partial charge on any atom is 0.324 e. The molecule has 2 aromatic carbocycles. The van der Waals surface area contributed by atoms with Crippen LogP contribution in [0.2, 0.25) is 0 Å². The van der Waals surface area contributed by atoms with E-state index in [4.69, 9.17) is 9.47 Å². The molecule has 1 unspecified atom stereocenters. The van der Waals surface area contributed by atoms with Crippen molar-refractivity contribution in [2.45, 2.75) is 31.3 Å². The molecule has 0 N–H and O–H groups in total. The maximum absolute atomic E-state index is 13.5. The fourth-order valence-electron chi connectivity index (χ4n) is 3.10. The van der Waals surface area contributed by atoms with E-state index in [9.17, 15) is 13.2 Å². The average molecular weight is 454 g/mol. The molecule has 0 saturated carbocycles. The van der Waals surface area contributed by atoms with Crippen LogP contribution in [0.5, 0.6) is 11.5 Å². The molecule has 6 nitrogen and oxygen atoms in total. The molecule has 27 heavy (non-hydrogen) atoms. The van der Waals surface area contributed by atoms with Gasteiger partial charge in [-0.2, -0.15) is 4.31 Å². The quantitative estimate of drug-likeness (QED) is 0.657. The van der Waals surface area contributed by atoms with Crippen LogP contribution in [0, 0.1) is 5.92 Å². The van der Waals surface area contributed by atoms with Crippen LogP contribution >= 0.6 is 15.9 Å². The van der Waals surface area contributed by atoms with Gasteiger partial charge in [0.2, 0.25) is 10.0 Å². The minimum atomic E-state index is -4.01. The van der Waals surface area contributed by atoms with Crippen molar-refractivity contribution < 1.29 is 22.7 Å². The van der Waals surface area contributed by atoms with E-state index in [1.54, 1.807) is 44.2 Å². The molecule has 1 atom stereocenters. The van der Waals surface area contributed by atoms with Gasteiger partial charge in [0.15, 0.2) is 0 Å². The zero-order chi connectivity index (χ0) is 19.8. The Balaban J connectivity index is 2.27. The van der Waals surface area contributed by atoms with Crippen LogP contribution < -0.4 is 4.74 Å². The van der Waals surface area contributed by atoms with Gasteiger partial charge in [-0.15, -0.1) is 0 Å². The van der Waals surface area contributed by atoms with Gasteiger partial charge < -0.3 is 9.47 Å². The molecule has 0 fully saturated rings. The predicted molar refractivity (Wildman–Crippen MR) is 104 cm³/mol. The van der Waals surface area contributed by atoms with Gasteiger partial charge in [0, 0.05) is 16.6 Å². The minimum absolute atomic E-state index is 0.00591. The van der Waals surface area contributed by atoms with Crippen molar-refractivity contribution >= 4 is 31.9 Å². The fraction of sp³-hybridized carbons (Fsp3) is 0.316. The van der Waals surface area contributed by atoms with Crippen LogP contribution in [0.15, 0.2) is 51.8 Å². The number of methoxy groups -OCH3 is 1. The van der Waals surface area contributed by atoms with Crippen LogP contribution in [0.25, 0.3) is 0 Å². The van der Waals surface area contributed by atoms with E-state index in [-0.39, 0.29) is 23.1 Å². The van der Waals surface area contributed by atoms with Crippen LogP contribution in [0.1, 0.15) is 19.4 Å². The highest BCUT2D eigenvalue weighted by Gasteiger charge is 2.41. The van der Waals surface area contributed by atoms with Crippen molar-refractivity contribution in [3.8, 4) is 11.5 Å². The van der Waals surface area contributed by atoms with Gasteiger partial charge in [-0.05, 0) is 30.2 Å². The van der Waals surface area contributed by atoms with Crippen LogP contribution in [-0.4, -0.2) is 31.8 Å². The Morgan fingerprint density at radius 3 is 2.56 bits per heavy atom. The third kappa shape index (κ3) is 3.74. The Morgan fingerprint density at radius 1 is 1.19 bits per heavy atom. The number of esters is 1. The first-order chi connectivity index (χ1) is 12.8. The average Bonchev–Trinajstić information content (AvgIpc) is 2.61. The van der Waals surface area contributed by atoms with E-state index in [0.717, 1.165) is 0 Å². The number of halogens is 1. The molecule has 3 rings (SSSR count). The van der Waals surface area contributed by atoms with E-state index < -0.39 is 22.0 Å². The second kappa shape index (κ2) is 7.61. The summed E-state index contributed by atoms with van der Waals surface area (Å²) in [6, 6.07) is 10.9. The summed E-state index contributed by atoms with van der Waals surface area (Å²) < 4.78 is 39.7. The molecule has 144 valence electrons. The molecule has 0 aromatic heterocycles. The van der Waals surface area contributed by atoms with E-state index in [1.165, 1.54) is 17.5 Å². The number of hydrogen-bond acceptors (Lipinski definition) is 5. The van der Waals surface area contributed by atoms with Crippen molar-refractivity contribution in [2.75, 3.05) is 7.11 Å². The van der Waals surface area contributed by atoms with E-state index in [0.29, 0.717) is 15.8 Å². The minimum Gasteiger partial charge on any atom is -0.468 e. The topological polar surface area (TPSA) is 72.9 Å². The number of hydrogen-bond donors (Lipinski definition) is 0. The molecule has 0 amide bonds. The molecule has 2 aromatic rings. The molecule has 1 aliphatic heterocycles. The molecule has 0 radical (unpaired) electrons. The van der Waals surface area contributed by atoms with Crippen molar-refractivity contribution in [1.82, 2.24) is 4.31 Å². The largest absolute Gasteiger partial charge is 0.468 e. The SMILES string of the molecule is COC(=O)C(C(C)C)N1Cc2ccccc2Oc2cc(Br)ccc2S1(=O)=O. The maximum atomic E-state index is 13.5. The van der Waals surface area contributed by atoms with Gasteiger partial charge in [0.05, 0.1) is 7.11 Å². The number of para-hydroxylation sites is 1. The lowest BCUT2D eigenvalue weighted by Gasteiger charge is -2.33. The molecule has 0 saturated heterocycles. The van der Waals surface area contributed by atoms with E-state index in [1.807, 2.05) is 6.07 Å². The van der Waals surface area contributed by atoms with Gasteiger partial charge >= 0.3 is 5.97 Å². The lowest BCUT2D eigenvalue weighted by atomic mass is 10.0.